The Morgan fingerprint density at radius 2 is 1.90 bits per heavy atom. The van der Waals surface area contributed by atoms with Gasteiger partial charge in [0.2, 0.25) is 11.7 Å². The number of nitrogens with zero attached hydrogens (tertiary/aromatic N) is 5. The molecule has 0 atom stereocenters. The minimum Gasteiger partial charge on any atom is -0.474 e. The predicted octanol–water partition coefficient (Wildman–Crippen LogP) is 3.37. The molecule has 2 fully saturated rings. The van der Waals surface area contributed by atoms with E-state index in [1.807, 2.05) is 0 Å². The lowest BCUT2D eigenvalue weighted by Gasteiger charge is -2.57. The van der Waals surface area contributed by atoms with Crippen LogP contribution in [0.2, 0.25) is 0 Å². The van der Waals surface area contributed by atoms with E-state index in [-0.39, 0.29) is 40.2 Å². The van der Waals surface area contributed by atoms with Gasteiger partial charge < -0.3 is 15.8 Å². The zero-order valence-corrected chi connectivity index (χ0v) is 20.8. The number of alkyl halides is 3. The fraction of sp³-hybridized carbons (Fsp3) is 0.346. The Morgan fingerprint density at radius 1 is 1.13 bits per heavy atom. The Kier molecular flexibility index (Phi) is 5.63. The third kappa shape index (κ3) is 4.47. The summed E-state index contributed by atoms with van der Waals surface area (Å²) in [5.41, 5.74) is 6.53. The molecule has 3 N–H and O–H groups in total. The summed E-state index contributed by atoms with van der Waals surface area (Å²) >= 11 is 0. The van der Waals surface area contributed by atoms with Crippen LogP contribution in [-0.4, -0.2) is 48.1 Å². The molecule has 0 radical (unpaired) electrons. The fourth-order valence-electron chi connectivity index (χ4n) is 5.69. The molecule has 2 saturated carbocycles. The number of aryl methyl sites for hydroxylation is 1. The lowest BCUT2D eigenvalue weighted by molar-refractivity contribution is -0.145. The number of ether oxygens (including phenoxy) is 1. The molecule has 0 aliphatic heterocycles. The Labute approximate surface area is 220 Å². The van der Waals surface area contributed by atoms with Gasteiger partial charge in [-0.2, -0.15) is 18.3 Å². The van der Waals surface area contributed by atoms with Gasteiger partial charge in [0.05, 0.1) is 11.7 Å². The van der Waals surface area contributed by atoms with Gasteiger partial charge in [-0.05, 0) is 49.3 Å². The van der Waals surface area contributed by atoms with E-state index in [9.17, 15) is 22.8 Å². The molecule has 0 saturated heterocycles. The summed E-state index contributed by atoms with van der Waals surface area (Å²) in [5.74, 6) is -2.23. The number of halogens is 3. The number of carbonyl (C=O) groups excluding carboxylic acids is 2. The molecule has 10 nitrogen and oxygen atoms in total. The molecule has 0 unspecified atom stereocenters. The smallest absolute Gasteiger partial charge is 0.450 e. The summed E-state index contributed by atoms with van der Waals surface area (Å²) < 4.78 is 49.8. The average Bonchev–Trinajstić information content (AvgIpc) is 3.44. The second-order valence-electron chi connectivity index (χ2n) is 10.3. The SMILES string of the molecule is Cn1cc(-c2ccc3c(C(=O)NC4CC5(C4)CC(Oc4ncccc4C(N)=O)C5)nc(C(F)(F)F)n3c2)cn1. The molecule has 202 valence electrons. The number of rotatable bonds is 6. The predicted molar refractivity (Wildman–Crippen MR) is 132 cm³/mol. The average molecular weight is 540 g/mol. The molecule has 13 heteroatoms. The van der Waals surface area contributed by atoms with Gasteiger partial charge in [-0.15, -0.1) is 0 Å². The second kappa shape index (κ2) is 8.82. The van der Waals surface area contributed by atoms with Crippen molar-refractivity contribution in [3.63, 3.8) is 0 Å². The molecule has 39 heavy (non-hydrogen) atoms. The van der Waals surface area contributed by atoms with E-state index in [2.05, 4.69) is 20.4 Å². The van der Waals surface area contributed by atoms with E-state index in [0.717, 1.165) is 17.2 Å². The standard InChI is InChI=1S/C26H24F3N7O3/c1-35-12-15(11-32-35)14-4-5-19-20(34-24(26(27,28)29)36(19)13-14)22(38)33-16-7-25(8-16)9-17(10-25)39-23-18(21(30)37)3-2-6-31-23/h2-6,11-13,16-17H,7-10H2,1H3,(H2,30,37)(H,33,38). The van der Waals surface area contributed by atoms with Crippen LogP contribution in [-0.2, 0) is 13.2 Å². The maximum Gasteiger partial charge on any atom is 0.450 e. The van der Waals surface area contributed by atoms with Crippen LogP contribution in [0.3, 0.4) is 0 Å². The minimum atomic E-state index is -4.75. The van der Waals surface area contributed by atoms with E-state index in [0.29, 0.717) is 24.0 Å². The normalized spacial score (nSPS) is 22.4. The number of primary amides is 1. The monoisotopic (exact) mass is 539 g/mol. The topological polar surface area (TPSA) is 129 Å². The van der Waals surface area contributed by atoms with E-state index >= 15 is 0 Å². The largest absolute Gasteiger partial charge is 0.474 e. The second-order valence-corrected chi connectivity index (χ2v) is 10.3. The van der Waals surface area contributed by atoms with Gasteiger partial charge in [0, 0.05) is 42.8 Å². The lowest BCUT2D eigenvalue weighted by Crippen LogP contribution is -2.58. The third-order valence-corrected chi connectivity index (χ3v) is 7.47. The van der Waals surface area contributed by atoms with Crippen LogP contribution in [0.25, 0.3) is 16.6 Å². The van der Waals surface area contributed by atoms with Crippen molar-refractivity contribution in [3.8, 4) is 17.0 Å². The zero-order valence-electron chi connectivity index (χ0n) is 20.8. The zero-order chi connectivity index (χ0) is 27.5. The molecule has 2 aliphatic rings. The van der Waals surface area contributed by atoms with Gasteiger partial charge in [-0.25, -0.2) is 9.97 Å². The minimum absolute atomic E-state index is 0.0176. The lowest BCUT2D eigenvalue weighted by atomic mass is 9.53. The highest BCUT2D eigenvalue weighted by Crippen LogP contribution is 2.56. The molecular weight excluding hydrogens is 515 g/mol. The van der Waals surface area contributed by atoms with Crippen molar-refractivity contribution in [3.05, 3.63) is 66.1 Å². The van der Waals surface area contributed by atoms with Crippen molar-refractivity contribution in [2.45, 2.75) is 44.0 Å². The molecule has 6 rings (SSSR count). The number of hydrogen-bond acceptors (Lipinski definition) is 6. The molecule has 2 aliphatic carbocycles. The summed E-state index contributed by atoms with van der Waals surface area (Å²) in [6, 6.07) is 6.08. The maximum atomic E-state index is 13.8. The van der Waals surface area contributed by atoms with Gasteiger partial charge in [0.15, 0.2) is 5.69 Å². The molecule has 4 aromatic rings. The van der Waals surface area contributed by atoms with Crippen LogP contribution in [0, 0.1) is 5.41 Å². The molecule has 1 spiro atoms. The Morgan fingerprint density at radius 3 is 2.56 bits per heavy atom. The molecule has 4 aromatic heterocycles. The Hall–Kier alpha value is -4.42. The van der Waals surface area contributed by atoms with Crippen LogP contribution >= 0.6 is 0 Å². The summed E-state index contributed by atoms with van der Waals surface area (Å²) in [4.78, 5) is 32.4. The van der Waals surface area contributed by atoms with E-state index < -0.39 is 23.8 Å². The highest BCUT2D eigenvalue weighted by Gasteiger charge is 2.54. The number of nitrogens with one attached hydrogen (secondary N) is 1. The number of aromatic nitrogens is 5. The highest BCUT2D eigenvalue weighted by molar-refractivity contribution is 5.99. The number of fused-ring (bicyclic) bond motifs is 1. The molecule has 0 aromatic carbocycles. The van der Waals surface area contributed by atoms with Crippen LogP contribution in [0.15, 0.2) is 49.1 Å². The molecule has 0 bridgehead atoms. The van der Waals surface area contributed by atoms with E-state index in [1.54, 1.807) is 42.3 Å². The van der Waals surface area contributed by atoms with Crippen LogP contribution in [0.4, 0.5) is 13.2 Å². The van der Waals surface area contributed by atoms with Gasteiger partial charge in [-0.1, -0.05) is 6.07 Å². The van der Waals surface area contributed by atoms with Crippen LogP contribution in [0.1, 0.15) is 52.4 Å². The van der Waals surface area contributed by atoms with Gasteiger partial charge in [-0.3, -0.25) is 18.7 Å². The number of pyridine rings is 2. The summed E-state index contributed by atoms with van der Waals surface area (Å²) in [6.45, 7) is 0. The molecular formula is C26H24F3N7O3. The number of hydrogen-bond donors (Lipinski definition) is 2. The van der Waals surface area contributed by atoms with Crippen molar-refractivity contribution < 1.29 is 27.5 Å². The molecule has 4 heterocycles. The van der Waals surface area contributed by atoms with Crippen molar-refractivity contribution in [1.29, 1.82) is 0 Å². The number of imidazole rings is 1. The van der Waals surface area contributed by atoms with Crippen molar-refractivity contribution in [2.24, 2.45) is 18.2 Å². The van der Waals surface area contributed by atoms with Crippen molar-refractivity contribution in [2.75, 3.05) is 0 Å². The third-order valence-electron chi connectivity index (χ3n) is 7.47. The van der Waals surface area contributed by atoms with Crippen LogP contribution in [0.5, 0.6) is 5.88 Å². The number of amides is 2. The summed E-state index contributed by atoms with van der Waals surface area (Å²) in [6.07, 6.45) is 3.98. The van der Waals surface area contributed by atoms with Crippen LogP contribution < -0.4 is 15.8 Å². The Bertz CT molecular complexity index is 1600. The van der Waals surface area contributed by atoms with Crippen molar-refractivity contribution >= 4 is 17.3 Å². The summed E-state index contributed by atoms with van der Waals surface area (Å²) in [7, 11) is 1.71. The Balaban J connectivity index is 1.13. The van der Waals surface area contributed by atoms with E-state index in [1.165, 1.54) is 18.5 Å². The fourth-order valence-corrected chi connectivity index (χ4v) is 5.69. The quantitative estimate of drug-likeness (QED) is 0.387. The highest BCUT2D eigenvalue weighted by atomic mass is 19.4. The first-order valence-corrected chi connectivity index (χ1v) is 12.3. The van der Waals surface area contributed by atoms with E-state index in [4.69, 9.17) is 10.5 Å². The first-order chi connectivity index (χ1) is 18.5. The first-order valence-electron chi connectivity index (χ1n) is 12.3. The van der Waals surface area contributed by atoms with Gasteiger partial charge >= 0.3 is 6.18 Å². The van der Waals surface area contributed by atoms with Crippen molar-refractivity contribution in [1.82, 2.24) is 29.5 Å². The number of nitrogens with two attached hydrogens (primary N) is 1. The van der Waals surface area contributed by atoms with Gasteiger partial charge in [0.1, 0.15) is 11.7 Å². The summed E-state index contributed by atoms with van der Waals surface area (Å²) in [5, 5.41) is 6.90. The number of carbonyl (C=O) groups is 2. The van der Waals surface area contributed by atoms with Gasteiger partial charge in [0.25, 0.3) is 11.8 Å². The molecule has 2 amide bonds. The maximum absolute atomic E-state index is 13.8. The first kappa shape index (κ1) is 24.9.